The molecule has 0 aliphatic carbocycles. The molecule has 0 saturated carbocycles. The lowest BCUT2D eigenvalue weighted by molar-refractivity contribution is 1.21. The predicted molar refractivity (Wildman–Crippen MR) is 99.3 cm³/mol. The van der Waals surface area contributed by atoms with Crippen molar-refractivity contribution >= 4 is 57.3 Å². The molecule has 110 valence electrons. The largest absolute Gasteiger partial charge is 0.340 e. The topological polar surface area (TPSA) is 37.8 Å². The van der Waals surface area contributed by atoms with E-state index in [1.54, 1.807) is 6.33 Å². The van der Waals surface area contributed by atoms with Crippen molar-refractivity contribution in [2.75, 3.05) is 5.32 Å². The first-order chi connectivity index (χ1) is 10.3. The van der Waals surface area contributed by atoms with Crippen molar-refractivity contribution in [1.82, 2.24) is 9.97 Å². The Morgan fingerprint density at radius 2 is 2.00 bits per heavy atom. The summed E-state index contributed by atoms with van der Waals surface area (Å²) in [6.45, 7) is 0. The number of thiol groups is 1. The van der Waals surface area contributed by atoms with Crippen molar-refractivity contribution in [2.45, 2.75) is 4.90 Å². The first kappa shape index (κ1) is 16.5. The SMILES string of the molecule is C#Cc1cccc(Nc2ncnc3ccc(SS)cc23)c1.Cl. The van der Waals surface area contributed by atoms with Crippen molar-refractivity contribution in [2.24, 2.45) is 0 Å². The summed E-state index contributed by atoms with van der Waals surface area (Å²) >= 11 is 4.23. The summed E-state index contributed by atoms with van der Waals surface area (Å²) in [5.74, 6) is 3.37. The number of nitrogens with one attached hydrogen (secondary N) is 1. The van der Waals surface area contributed by atoms with Crippen molar-refractivity contribution in [3.63, 3.8) is 0 Å². The van der Waals surface area contributed by atoms with Crippen LogP contribution in [0.4, 0.5) is 11.5 Å². The quantitative estimate of drug-likeness (QED) is 0.409. The number of nitrogens with zero attached hydrogens (tertiary/aromatic N) is 2. The van der Waals surface area contributed by atoms with Crippen LogP contribution in [0.3, 0.4) is 0 Å². The lowest BCUT2D eigenvalue weighted by atomic mass is 10.2. The lowest BCUT2D eigenvalue weighted by Gasteiger charge is -2.09. The minimum Gasteiger partial charge on any atom is -0.340 e. The molecule has 3 nitrogen and oxygen atoms in total. The Hall–Kier alpha value is -1.87. The van der Waals surface area contributed by atoms with E-state index in [1.165, 1.54) is 10.8 Å². The van der Waals surface area contributed by atoms with E-state index >= 15 is 0 Å². The molecule has 1 aromatic heterocycles. The number of halogens is 1. The van der Waals surface area contributed by atoms with Crippen LogP contribution in [0.1, 0.15) is 5.56 Å². The normalized spacial score (nSPS) is 9.82. The van der Waals surface area contributed by atoms with Crippen LogP contribution < -0.4 is 5.32 Å². The van der Waals surface area contributed by atoms with E-state index < -0.39 is 0 Å². The van der Waals surface area contributed by atoms with Crippen molar-refractivity contribution in [3.05, 3.63) is 54.4 Å². The molecule has 0 amide bonds. The molecular formula is C16H12ClN3S2. The summed E-state index contributed by atoms with van der Waals surface area (Å²) in [4.78, 5) is 9.64. The van der Waals surface area contributed by atoms with Gasteiger partial charge < -0.3 is 5.32 Å². The van der Waals surface area contributed by atoms with E-state index in [0.717, 1.165) is 32.9 Å². The second-order valence-electron chi connectivity index (χ2n) is 4.34. The molecular weight excluding hydrogens is 334 g/mol. The van der Waals surface area contributed by atoms with Crippen LogP contribution in [0.15, 0.2) is 53.7 Å². The molecule has 0 unspecified atom stereocenters. The Morgan fingerprint density at radius 1 is 1.14 bits per heavy atom. The number of hydrogen-bond acceptors (Lipinski definition) is 5. The van der Waals surface area contributed by atoms with Gasteiger partial charge in [-0.1, -0.05) is 22.8 Å². The van der Waals surface area contributed by atoms with Gasteiger partial charge in [0, 0.05) is 21.5 Å². The zero-order chi connectivity index (χ0) is 14.7. The molecule has 6 heteroatoms. The number of aromatic nitrogens is 2. The second kappa shape index (κ2) is 7.41. The molecule has 3 rings (SSSR count). The maximum atomic E-state index is 5.43. The molecule has 0 bridgehead atoms. The Bertz CT molecular complexity index is 846. The van der Waals surface area contributed by atoms with Gasteiger partial charge in [-0.25, -0.2) is 9.97 Å². The van der Waals surface area contributed by atoms with Crippen LogP contribution in [0.2, 0.25) is 0 Å². The number of benzene rings is 2. The number of terminal acetylenes is 1. The van der Waals surface area contributed by atoms with E-state index in [0.29, 0.717) is 0 Å². The second-order valence-corrected chi connectivity index (χ2v) is 5.54. The van der Waals surface area contributed by atoms with Gasteiger partial charge in [-0.3, -0.25) is 0 Å². The van der Waals surface area contributed by atoms with Gasteiger partial charge in [-0.15, -0.1) is 30.5 Å². The Kier molecular flexibility index (Phi) is 5.56. The summed E-state index contributed by atoms with van der Waals surface area (Å²) in [7, 11) is 1.39. The Labute approximate surface area is 144 Å². The summed E-state index contributed by atoms with van der Waals surface area (Å²) < 4.78 is 0. The first-order valence-electron chi connectivity index (χ1n) is 6.20. The molecule has 22 heavy (non-hydrogen) atoms. The van der Waals surface area contributed by atoms with E-state index in [1.807, 2.05) is 42.5 Å². The van der Waals surface area contributed by atoms with Crippen molar-refractivity contribution < 1.29 is 0 Å². The highest BCUT2D eigenvalue weighted by Crippen LogP contribution is 2.29. The molecule has 0 atom stereocenters. The van der Waals surface area contributed by atoms with Crippen LogP contribution >= 0.6 is 34.9 Å². The van der Waals surface area contributed by atoms with Gasteiger partial charge in [-0.05, 0) is 36.4 Å². The third-order valence-electron chi connectivity index (χ3n) is 3.00. The smallest absolute Gasteiger partial charge is 0.141 e. The van der Waals surface area contributed by atoms with E-state index in [4.69, 9.17) is 6.42 Å². The van der Waals surface area contributed by atoms with Gasteiger partial charge in [-0.2, -0.15) is 0 Å². The maximum Gasteiger partial charge on any atom is 0.141 e. The summed E-state index contributed by atoms with van der Waals surface area (Å²) in [5.41, 5.74) is 2.60. The molecule has 1 heterocycles. The van der Waals surface area contributed by atoms with E-state index in [-0.39, 0.29) is 12.4 Å². The van der Waals surface area contributed by atoms with Gasteiger partial charge in [0.2, 0.25) is 0 Å². The van der Waals surface area contributed by atoms with E-state index in [9.17, 15) is 0 Å². The monoisotopic (exact) mass is 345 g/mol. The number of anilines is 2. The molecule has 3 aromatic rings. The van der Waals surface area contributed by atoms with Gasteiger partial charge in [0.1, 0.15) is 12.1 Å². The van der Waals surface area contributed by atoms with Gasteiger partial charge in [0.05, 0.1) is 5.52 Å². The van der Waals surface area contributed by atoms with Crippen LogP contribution in [-0.4, -0.2) is 9.97 Å². The van der Waals surface area contributed by atoms with Crippen LogP contribution in [0.5, 0.6) is 0 Å². The number of rotatable bonds is 3. The minimum absolute atomic E-state index is 0. The first-order valence-corrected chi connectivity index (χ1v) is 8.07. The Morgan fingerprint density at radius 3 is 2.77 bits per heavy atom. The fourth-order valence-electron chi connectivity index (χ4n) is 2.02. The molecule has 0 saturated heterocycles. The van der Waals surface area contributed by atoms with Crippen LogP contribution in [-0.2, 0) is 0 Å². The van der Waals surface area contributed by atoms with E-state index in [2.05, 4.69) is 32.9 Å². The summed E-state index contributed by atoms with van der Waals surface area (Å²) in [6, 6.07) is 13.6. The molecule has 0 aliphatic rings. The zero-order valence-corrected chi connectivity index (χ0v) is 13.9. The number of hydrogen-bond donors (Lipinski definition) is 2. The van der Waals surface area contributed by atoms with Gasteiger partial charge in [0.15, 0.2) is 0 Å². The predicted octanol–water partition coefficient (Wildman–Crippen LogP) is 4.71. The highest BCUT2D eigenvalue weighted by atomic mass is 35.5. The standard InChI is InChI=1S/C16H11N3S2.ClH/c1-2-11-4-3-5-12(8-11)19-16-14-9-13(21-20)6-7-15(14)17-10-18-16;/h1,3-10,20H,(H,17,18,19);1H. The van der Waals surface area contributed by atoms with Crippen LogP contribution in [0.25, 0.3) is 10.9 Å². The molecule has 0 fully saturated rings. The Balaban J connectivity index is 0.00000176. The lowest BCUT2D eigenvalue weighted by Crippen LogP contribution is -1.96. The maximum absolute atomic E-state index is 5.43. The molecule has 1 N–H and O–H groups in total. The molecule has 0 aliphatic heterocycles. The summed E-state index contributed by atoms with van der Waals surface area (Å²) in [5, 5.41) is 4.24. The minimum atomic E-state index is 0. The highest BCUT2D eigenvalue weighted by molar-refractivity contribution is 8.68. The summed E-state index contributed by atoms with van der Waals surface area (Å²) in [6.07, 6.45) is 6.97. The average molecular weight is 346 g/mol. The fourth-order valence-corrected chi connectivity index (χ4v) is 2.66. The fraction of sp³-hybridized carbons (Fsp3) is 0. The van der Waals surface area contributed by atoms with Crippen molar-refractivity contribution in [1.29, 1.82) is 0 Å². The third-order valence-corrected chi connectivity index (χ3v) is 4.10. The molecule has 0 radical (unpaired) electrons. The van der Waals surface area contributed by atoms with Gasteiger partial charge in [0.25, 0.3) is 0 Å². The highest BCUT2D eigenvalue weighted by Gasteiger charge is 2.05. The van der Waals surface area contributed by atoms with Crippen LogP contribution in [0, 0.1) is 12.3 Å². The van der Waals surface area contributed by atoms with Gasteiger partial charge >= 0.3 is 0 Å². The number of fused-ring (bicyclic) bond motifs is 1. The third kappa shape index (κ3) is 3.47. The zero-order valence-electron chi connectivity index (χ0n) is 11.4. The molecule has 0 spiro atoms. The molecule has 2 aromatic carbocycles. The average Bonchev–Trinajstić information content (AvgIpc) is 2.55. The van der Waals surface area contributed by atoms with Crippen molar-refractivity contribution in [3.8, 4) is 12.3 Å².